The minimum absolute atomic E-state index is 0.0282. The summed E-state index contributed by atoms with van der Waals surface area (Å²) in [6.07, 6.45) is 0. The molecule has 2 unspecified atom stereocenters. The van der Waals surface area contributed by atoms with Gasteiger partial charge in [-0.2, -0.15) is 0 Å². The standard InChI is InChI=1S/C19H26N2/c1-14-8-10-18(11-9-14)19(20)16(3)21(4)13-17-7-5-6-15(2)12-17/h5-12,16,19H,13,20H2,1-4H3. The minimum atomic E-state index is 0.0282. The summed E-state index contributed by atoms with van der Waals surface area (Å²) < 4.78 is 0. The lowest BCUT2D eigenvalue weighted by Gasteiger charge is -2.30. The molecule has 0 amide bonds. The van der Waals surface area contributed by atoms with Gasteiger partial charge in [0, 0.05) is 18.6 Å². The molecule has 21 heavy (non-hydrogen) atoms. The van der Waals surface area contributed by atoms with E-state index in [9.17, 15) is 0 Å². The Balaban J connectivity index is 2.04. The molecule has 2 aromatic carbocycles. The molecule has 0 aliphatic carbocycles. The fraction of sp³-hybridized carbons (Fsp3) is 0.368. The van der Waals surface area contributed by atoms with Crippen LogP contribution in [0.15, 0.2) is 48.5 Å². The fourth-order valence-corrected chi connectivity index (χ4v) is 2.58. The Hall–Kier alpha value is -1.64. The van der Waals surface area contributed by atoms with E-state index in [1.165, 1.54) is 22.3 Å². The van der Waals surface area contributed by atoms with Crippen molar-refractivity contribution in [2.45, 2.75) is 39.4 Å². The van der Waals surface area contributed by atoms with E-state index < -0.39 is 0 Å². The van der Waals surface area contributed by atoms with Crippen molar-refractivity contribution in [2.24, 2.45) is 5.73 Å². The summed E-state index contributed by atoms with van der Waals surface area (Å²) in [4.78, 5) is 2.32. The van der Waals surface area contributed by atoms with Gasteiger partial charge in [0.15, 0.2) is 0 Å². The van der Waals surface area contributed by atoms with Crippen LogP contribution in [0, 0.1) is 13.8 Å². The van der Waals surface area contributed by atoms with Crippen molar-refractivity contribution in [3.8, 4) is 0 Å². The summed E-state index contributed by atoms with van der Waals surface area (Å²) in [5.74, 6) is 0. The monoisotopic (exact) mass is 282 g/mol. The lowest BCUT2D eigenvalue weighted by Crippen LogP contribution is -2.37. The Morgan fingerprint density at radius 3 is 2.29 bits per heavy atom. The Labute approximate surface area is 128 Å². The molecule has 0 fully saturated rings. The second kappa shape index (κ2) is 6.88. The summed E-state index contributed by atoms with van der Waals surface area (Å²) in [6, 6.07) is 17.5. The Morgan fingerprint density at radius 2 is 1.67 bits per heavy atom. The molecule has 2 aromatic rings. The molecule has 112 valence electrons. The van der Waals surface area contributed by atoms with Crippen molar-refractivity contribution in [1.29, 1.82) is 0 Å². The molecule has 0 aromatic heterocycles. The van der Waals surface area contributed by atoms with Gasteiger partial charge in [0.05, 0.1) is 0 Å². The van der Waals surface area contributed by atoms with Crippen LogP contribution in [-0.4, -0.2) is 18.0 Å². The largest absolute Gasteiger partial charge is 0.323 e. The van der Waals surface area contributed by atoms with Gasteiger partial charge >= 0.3 is 0 Å². The maximum atomic E-state index is 6.43. The van der Waals surface area contributed by atoms with E-state index in [2.05, 4.69) is 81.2 Å². The van der Waals surface area contributed by atoms with Crippen molar-refractivity contribution in [2.75, 3.05) is 7.05 Å². The average Bonchev–Trinajstić information content (AvgIpc) is 2.46. The molecule has 0 radical (unpaired) electrons. The molecule has 2 heteroatoms. The van der Waals surface area contributed by atoms with Crippen molar-refractivity contribution in [1.82, 2.24) is 4.90 Å². The summed E-state index contributed by atoms with van der Waals surface area (Å²) in [7, 11) is 2.14. The molecular weight excluding hydrogens is 256 g/mol. The lowest BCUT2D eigenvalue weighted by molar-refractivity contribution is 0.219. The Morgan fingerprint density at radius 1 is 1.00 bits per heavy atom. The van der Waals surface area contributed by atoms with Crippen LogP contribution in [0.1, 0.15) is 35.2 Å². The molecule has 0 heterocycles. The predicted molar refractivity (Wildman–Crippen MR) is 90.2 cm³/mol. The van der Waals surface area contributed by atoms with E-state index in [1.807, 2.05) is 0 Å². The van der Waals surface area contributed by atoms with Crippen LogP contribution in [0.25, 0.3) is 0 Å². The van der Waals surface area contributed by atoms with E-state index in [0.717, 1.165) is 6.54 Å². The lowest BCUT2D eigenvalue weighted by atomic mass is 9.99. The van der Waals surface area contributed by atoms with Crippen molar-refractivity contribution >= 4 is 0 Å². The van der Waals surface area contributed by atoms with Gasteiger partial charge in [0.1, 0.15) is 0 Å². The zero-order valence-electron chi connectivity index (χ0n) is 13.5. The van der Waals surface area contributed by atoms with Gasteiger partial charge in [0.2, 0.25) is 0 Å². The number of aryl methyl sites for hydroxylation is 2. The van der Waals surface area contributed by atoms with Crippen LogP contribution in [0.3, 0.4) is 0 Å². The van der Waals surface area contributed by atoms with Gasteiger partial charge in [-0.15, -0.1) is 0 Å². The third-order valence-corrected chi connectivity index (χ3v) is 4.19. The first-order chi connectivity index (χ1) is 9.97. The molecule has 0 aliphatic rings. The molecule has 0 saturated heterocycles. The van der Waals surface area contributed by atoms with Gasteiger partial charge in [-0.25, -0.2) is 0 Å². The first-order valence-corrected chi connectivity index (χ1v) is 7.55. The van der Waals surface area contributed by atoms with E-state index in [0.29, 0.717) is 0 Å². The molecule has 2 N–H and O–H groups in total. The van der Waals surface area contributed by atoms with E-state index >= 15 is 0 Å². The number of rotatable bonds is 5. The summed E-state index contributed by atoms with van der Waals surface area (Å²) in [6.45, 7) is 7.34. The van der Waals surface area contributed by atoms with Crippen molar-refractivity contribution < 1.29 is 0 Å². The highest BCUT2D eigenvalue weighted by Crippen LogP contribution is 2.20. The van der Waals surface area contributed by atoms with Gasteiger partial charge in [-0.1, -0.05) is 59.7 Å². The average molecular weight is 282 g/mol. The number of nitrogens with zero attached hydrogens (tertiary/aromatic N) is 1. The molecule has 0 saturated carbocycles. The molecule has 2 atom stereocenters. The zero-order chi connectivity index (χ0) is 15.4. The highest BCUT2D eigenvalue weighted by molar-refractivity contribution is 5.25. The van der Waals surface area contributed by atoms with Gasteiger partial charge < -0.3 is 5.73 Å². The number of likely N-dealkylation sites (N-methyl/N-ethyl adjacent to an activating group) is 1. The number of nitrogens with two attached hydrogens (primary N) is 1. The third kappa shape index (κ3) is 4.16. The first kappa shape index (κ1) is 15.7. The number of hydrogen-bond acceptors (Lipinski definition) is 2. The Bertz CT molecular complexity index is 574. The van der Waals surface area contributed by atoms with Crippen LogP contribution in [0.4, 0.5) is 0 Å². The van der Waals surface area contributed by atoms with Crippen molar-refractivity contribution in [3.63, 3.8) is 0 Å². The highest BCUT2D eigenvalue weighted by atomic mass is 15.1. The summed E-state index contributed by atoms with van der Waals surface area (Å²) in [5, 5.41) is 0. The van der Waals surface area contributed by atoms with Gasteiger partial charge in [-0.05, 0) is 38.9 Å². The molecular formula is C19H26N2. The maximum absolute atomic E-state index is 6.43. The molecule has 0 bridgehead atoms. The quantitative estimate of drug-likeness (QED) is 0.903. The van der Waals surface area contributed by atoms with Crippen LogP contribution < -0.4 is 5.73 Å². The smallest absolute Gasteiger partial charge is 0.0450 e. The number of benzene rings is 2. The van der Waals surface area contributed by atoms with Gasteiger partial charge in [0.25, 0.3) is 0 Å². The van der Waals surface area contributed by atoms with E-state index in [1.54, 1.807) is 0 Å². The minimum Gasteiger partial charge on any atom is -0.323 e. The highest BCUT2D eigenvalue weighted by Gasteiger charge is 2.19. The first-order valence-electron chi connectivity index (χ1n) is 7.55. The van der Waals surface area contributed by atoms with E-state index in [4.69, 9.17) is 5.73 Å². The molecule has 0 aliphatic heterocycles. The summed E-state index contributed by atoms with van der Waals surface area (Å²) in [5.41, 5.74) is 11.5. The van der Waals surface area contributed by atoms with Gasteiger partial charge in [-0.3, -0.25) is 4.90 Å². The number of hydrogen-bond donors (Lipinski definition) is 1. The zero-order valence-corrected chi connectivity index (χ0v) is 13.5. The predicted octanol–water partition coefficient (Wildman–Crippen LogP) is 3.82. The molecule has 2 rings (SSSR count). The second-order valence-corrected chi connectivity index (χ2v) is 6.08. The molecule has 0 spiro atoms. The van der Waals surface area contributed by atoms with Crippen molar-refractivity contribution in [3.05, 3.63) is 70.8 Å². The third-order valence-electron chi connectivity index (χ3n) is 4.19. The SMILES string of the molecule is Cc1ccc(C(N)C(C)N(C)Cc2cccc(C)c2)cc1. The van der Waals surface area contributed by atoms with E-state index in [-0.39, 0.29) is 12.1 Å². The normalized spacial score (nSPS) is 14.2. The molecule has 2 nitrogen and oxygen atoms in total. The van der Waals surface area contributed by atoms with Crippen LogP contribution >= 0.6 is 0 Å². The summed E-state index contributed by atoms with van der Waals surface area (Å²) >= 11 is 0. The van der Waals surface area contributed by atoms with Crippen LogP contribution in [-0.2, 0) is 6.54 Å². The van der Waals surface area contributed by atoms with Crippen LogP contribution in [0.5, 0.6) is 0 Å². The second-order valence-electron chi connectivity index (χ2n) is 6.08. The maximum Gasteiger partial charge on any atom is 0.0450 e. The van der Waals surface area contributed by atoms with Crippen LogP contribution in [0.2, 0.25) is 0 Å². The Kier molecular flexibility index (Phi) is 5.16. The fourth-order valence-electron chi connectivity index (χ4n) is 2.58. The topological polar surface area (TPSA) is 29.3 Å².